The number of ether oxygens (including phenoxy) is 1. The number of hydrogen-bond donors (Lipinski definition) is 1. The van der Waals surface area contributed by atoms with Gasteiger partial charge >= 0.3 is 5.97 Å². The van der Waals surface area contributed by atoms with Gasteiger partial charge in [-0.15, -0.1) is 0 Å². The van der Waals surface area contributed by atoms with Crippen LogP contribution in [0.1, 0.15) is 63.0 Å². The quantitative estimate of drug-likeness (QED) is 0.625. The van der Waals surface area contributed by atoms with Crippen LogP contribution in [0.2, 0.25) is 0 Å². The topological polar surface area (TPSA) is 46.5 Å². The van der Waals surface area contributed by atoms with Crippen LogP contribution in [0.15, 0.2) is 29.8 Å². The molecule has 3 aliphatic carbocycles. The summed E-state index contributed by atoms with van der Waals surface area (Å²) in [5, 5.41) is 9.79. The Morgan fingerprint density at radius 3 is 2.96 bits per heavy atom. The Morgan fingerprint density at radius 2 is 2.16 bits per heavy atom. The summed E-state index contributed by atoms with van der Waals surface area (Å²) in [7, 11) is 0. The maximum atomic E-state index is 12.0. The van der Waals surface area contributed by atoms with Gasteiger partial charge in [-0.2, -0.15) is 0 Å². The minimum absolute atomic E-state index is 0.155. The van der Waals surface area contributed by atoms with E-state index >= 15 is 0 Å². The number of esters is 1. The fraction of sp³-hybridized carbons (Fsp3) is 0.591. The average molecular weight is 340 g/mol. The first-order valence-electron chi connectivity index (χ1n) is 9.72. The molecule has 3 heteroatoms. The van der Waals surface area contributed by atoms with Crippen LogP contribution in [0.4, 0.5) is 0 Å². The van der Waals surface area contributed by atoms with Gasteiger partial charge < -0.3 is 9.84 Å². The number of benzene rings is 1. The van der Waals surface area contributed by atoms with Crippen molar-refractivity contribution in [1.82, 2.24) is 0 Å². The Morgan fingerprint density at radius 1 is 1.32 bits per heavy atom. The Kier molecular flexibility index (Phi) is 4.13. The predicted molar refractivity (Wildman–Crippen MR) is 97.4 cm³/mol. The van der Waals surface area contributed by atoms with Crippen molar-refractivity contribution >= 4 is 5.97 Å². The lowest BCUT2D eigenvalue weighted by atomic mass is 9.55. The van der Waals surface area contributed by atoms with E-state index in [1.54, 1.807) is 6.08 Å². The highest BCUT2D eigenvalue weighted by atomic mass is 16.5. The van der Waals surface area contributed by atoms with E-state index in [-0.39, 0.29) is 11.4 Å². The van der Waals surface area contributed by atoms with Gasteiger partial charge in [0, 0.05) is 6.08 Å². The molecule has 0 radical (unpaired) electrons. The number of aromatic hydroxyl groups is 1. The van der Waals surface area contributed by atoms with Gasteiger partial charge in [0.2, 0.25) is 0 Å². The Bertz CT molecular complexity index is 720. The van der Waals surface area contributed by atoms with E-state index in [0.29, 0.717) is 30.1 Å². The van der Waals surface area contributed by atoms with Gasteiger partial charge in [0.15, 0.2) is 0 Å². The summed E-state index contributed by atoms with van der Waals surface area (Å²) in [5.41, 5.74) is 4.26. The number of carbonyl (C=O) groups excluding carboxylic acids is 1. The van der Waals surface area contributed by atoms with Crippen molar-refractivity contribution in [2.45, 2.75) is 58.3 Å². The zero-order chi connectivity index (χ0) is 17.6. The molecule has 0 heterocycles. The third-order valence-corrected chi connectivity index (χ3v) is 7.14. The molecule has 0 unspecified atom stereocenters. The van der Waals surface area contributed by atoms with Gasteiger partial charge in [-0.1, -0.05) is 18.6 Å². The second-order valence-corrected chi connectivity index (χ2v) is 8.22. The number of aryl methyl sites for hydroxylation is 1. The number of phenolic OH excluding ortho intramolecular Hbond substituents is 1. The van der Waals surface area contributed by atoms with Gasteiger partial charge in [0.25, 0.3) is 0 Å². The molecule has 2 saturated carbocycles. The van der Waals surface area contributed by atoms with Crippen LogP contribution in [-0.2, 0) is 16.0 Å². The fourth-order valence-corrected chi connectivity index (χ4v) is 5.98. The van der Waals surface area contributed by atoms with Gasteiger partial charge in [-0.3, -0.25) is 0 Å². The zero-order valence-corrected chi connectivity index (χ0v) is 15.3. The highest BCUT2D eigenvalue weighted by Gasteiger charge is 2.52. The standard InChI is InChI=1S/C22H28O3/c1-3-25-21(24)13-15-5-9-20-19-7-4-14-12-16(23)6-8-17(14)18(19)10-11-22(15,20)2/h6,8,12-13,18-20,23H,3-5,7,9-11H2,1-2H3/b15-13+/t18-,19-,20+,22-/m1/s1. The molecule has 1 aromatic carbocycles. The molecule has 2 fully saturated rings. The monoisotopic (exact) mass is 340 g/mol. The van der Waals surface area contributed by atoms with E-state index < -0.39 is 0 Å². The lowest BCUT2D eigenvalue weighted by Gasteiger charge is -2.49. The summed E-state index contributed by atoms with van der Waals surface area (Å²) in [4.78, 5) is 12.0. The molecule has 0 saturated heterocycles. The summed E-state index contributed by atoms with van der Waals surface area (Å²) in [6.45, 7) is 4.67. The lowest BCUT2D eigenvalue weighted by molar-refractivity contribution is -0.137. The van der Waals surface area contributed by atoms with Gasteiger partial charge in [0.05, 0.1) is 6.61 Å². The summed E-state index contributed by atoms with van der Waals surface area (Å²) < 4.78 is 5.15. The van der Waals surface area contributed by atoms with Crippen LogP contribution < -0.4 is 0 Å². The van der Waals surface area contributed by atoms with Crippen molar-refractivity contribution in [3.8, 4) is 5.75 Å². The molecule has 4 atom stereocenters. The third kappa shape index (κ3) is 2.68. The van der Waals surface area contributed by atoms with Crippen LogP contribution in [0.25, 0.3) is 0 Å². The summed E-state index contributed by atoms with van der Waals surface area (Å²) in [5.74, 6) is 2.19. The van der Waals surface area contributed by atoms with E-state index in [1.807, 2.05) is 19.1 Å². The third-order valence-electron chi connectivity index (χ3n) is 7.14. The molecule has 134 valence electrons. The molecule has 0 spiro atoms. The Balaban J connectivity index is 1.62. The average Bonchev–Trinajstić information content (AvgIpc) is 2.91. The highest BCUT2D eigenvalue weighted by molar-refractivity contribution is 5.83. The molecule has 0 aliphatic heterocycles. The van der Waals surface area contributed by atoms with Gasteiger partial charge in [-0.05, 0) is 91.9 Å². The number of allylic oxidation sites excluding steroid dienone is 1. The van der Waals surface area contributed by atoms with E-state index in [4.69, 9.17) is 4.74 Å². The number of hydrogen-bond acceptors (Lipinski definition) is 3. The van der Waals surface area contributed by atoms with E-state index in [9.17, 15) is 9.90 Å². The fourth-order valence-electron chi connectivity index (χ4n) is 5.98. The van der Waals surface area contributed by atoms with Crippen LogP contribution in [0.3, 0.4) is 0 Å². The normalized spacial score (nSPS) is 35.0. The minimum Gasteiger partial charge on any atom is -0.508 e. The minimum atomic E-state index is -0.175. The van der Waals surface area contributed by atoms with Crippen molar-refractivity contribution in [3.05, 3.63) is 41.0 Å². The molecule has 0 amide bonds. The molecule has 25 heavy (non-hydrogen) atoms. The summed E-state index contributed by atoms with van der Waals surface area (Å²) in [6.07, 6.45) is 8.60. The van der Waals surface area contributed by atoms with Crippen molar-refractivity contribution in [2.75, 3.05) is 6.61 Å². The first kappa shape index (κ1) is 16.7. The molecule has 0 bridgehead atoms. The van der Waals surface area contributed by atoms with Crippen LogP contribution in [0.5, 0.6) is 5.75 Å². The smallest absolute Gasteiger partial charge is 0.330 e. The van der Waals surface area contributed by atoms with Crippen molar-refractivity contribution < 1.29 is 14.6 Å². The number of carbonyl (C=O) groups is 1. The van der Waals surface area contributed by atoms with Gasteiger partial charge in [0.1, 0.15) is 5.75 Å². The van der Waals surface area contributed by atoms with Crippen molar-refractivity contribution in [3.63, 3.8) is 0 Å². The van der Waals surface area contributed by atoms with Crippen LogP contribution in [-0.4, -0.2) is 17.7 Å². The Hall–Kier alpha value is -1.77. The molecule has 3 aliphatic rings. The molecular weight excluding hydrogens is 312 g/mol. The van der Waals surface area contributed by atoms with Crippen molar-refractivity contribution in [1.29, 1.82) is 0 Å². The van der Waals surface area contributed by atoms with Crippen LogP contribution in [0, 0.1) is 17.3 Å². The summed E-state index contributed by atoms with van der Waals surface area (Å²) >= 11 is 0. The highest BCUT2D eigenvalue weighted by Crippen LogP contribution is 2.62. The van der Waals surface area contributed by atoms with E-state index in [2.05, 4.69) is 13.0 Å². The van der Waals surface area contributed by atoms with Crippen LogP contribution >= 0.6 is 0 Å². The maximum Gasteiger partial charge on any atom is 0.330 e. The van der Waals surface area contributed by atoms with Crippen molar-refractivity contribution in [2.24, 2.45) is 17.3 Å². The van der Waals surface area contributed by atoms with E-state index in [1.165, 1.54) is 36.0 Å². The SMILES string of the molecule is CCOC(=O)/C=C1\CC[C@H]2[C@@H]3CCc4cc(O)ccc4[C@H]3CC[C@]12C. The predicted octanol–water partition coefficient (Wildman–Crippen LogP) is 4.74. The zero-order valence-electron chi connectivity index (χ0n) is 15.3. The maximum absolute atomic E-state index is 12.0. The number of phenols is 1. The largest absolute Gasteiger partial charge is 0.508 e. The molecular formula is C22H28O3. The first-order valence-corrected chi connectivity index (χ1v) is 9.72. The van der Waals surface area contributed by atoms with E-state index in [0.717, 1.165) is 19.3 Å². The lowest BCUT2D eigenvalue weighted by Crippen LogP contribution is -2.40. The second kappa shape index (κ2) is 6.19. The molecule has 1 aromatic rings. The summed E-state index contributed by atoms with van der Waals surface area (Å²) in [6, 6.07) is 5.95. The number of fused-ring (bicyclic) bond motifs is 5. The molecule has 0 aromatic heterocycles. The molecule has 1 N–H and O–H groups in total. The number of rotatable bonds is 2. The second-order valence-electron chi connectivity index (χ2n) is 8.22. The van der Waals surface area contributed by atoms with Gasteiger partial charge in [-0.25, -0.2) is 4.79 Å². The first-order chi connectivity index (χ1) is 12.0. The Labute approximate surface area is 150 Å². The molecule has 3 nitrogen and oxygen atoms in total. The molecule has 4 rings (SSSR count).